The molecule has 118 valence electrons. The number of benzene rings is 1. The Hall–Kier alpha value is -2.40. The van der Waals surface area contributed by atoms with Crippen molar-refractivity contribution in [3.05, 3.63) is 57.9 Å². The van der Waals surface area contributed by atoms with Gasteiger partial charge in [0.25, 0.3) is 5.91 Å². The van der Waals surface area contributed by atoms with Crippen molar-refractivity contribution in [2.24, 2.45) is 0 Å². The second kappa shape index (κ2) is 6.38. The van der Waals surface area contributed by atoms with Gasteiger partial charge in [-0.25, -0.2) is 0 Å². The predicted molar refractivity (Wildman–Crippen MR) is 93.1 cm³/mol. The van der Waals surface area contributed by atoms with Crippen LogP contribution in [0.3, 0.4) is 0 Å². The Bertz CT molecular complexity index is 852. The first-order valence-electron chi connectivity index (χ1n) is 7.32. The molecule has 0 unspecified atom stereocenters. The average Bonchev–Trinajstić information content (AvgIpc) is 2.95. The quantitative estimate of drug-likeness (QED) is 0.730. The number of aromatic nitrogens is 1. The Morgan fingerprint density at radius 2 is 2.13 bits per heavy atom. The number of nitrogens with zero attached hydrogens (tertiary/aromatic N) is 2. The highest BCUT2D eigenvalue weighted by molar-refractivity contribution is 7.14. The van der Waals surface area contributed by atoms with E-state index in [4.69, 9.17) is 4.74 Å². The third-order valence-corrected chi connectivity index (χ3v) is 4.75. The lowest BCUT2D eigenvalue weighted by atomic mass is 10.1. The summed E-state index contributed by atoms with van der Waals surface area (Å²) in [5.41, 5.74) is 2.02. The van der Waals surface area contributed by atoms with Crippen LogP contribution >= 0.6 is 11.3 Å². The van der Waals surface area contributed by atoms with Gasteiger partial charge in [-0.2, -0.15) is 0 Å². The number of carbonyl (C=O) groups excluding carboxylic acids is 1. The molecule has 0 bridgehead atoms. The van der Waals surface area contributed by atoms with Crippen molar-refractivity contribution >= 4 is 28.1 Å². The molecule has 0 N–H and O–H groups in total. The zero-order valence-corrected chi connectivity index (χ0v) is 14.2. The molecule has 0 aliphatic carbocycles. The SMILES string of the molecule is COc1cc(C)sc1C(=O)N(C)Cc1cccc2ncccc12. The highest BCUT2D eigenvalue weighted by Gasteiger charge is 2.20. The number of fused-ring (bicyclic) bond motifs is 1. The summed E-state index contributed by atoms with van der Waals surface area (Å²) in [5.74, 6) is 0.616. The van der Waals surface area contributed by atoms with Gasteiger partial charge in [0, 0.05) is 30.1 Å². The summed E-state index contributed by atoms with van der Waals surface area (Å²) in [6.45, 7) is 2.50. The molecule has 4 nitrogen and oxygen atoms in total. The van der Waals surface area contributed by atoms with Crippen molar-refractivity contribution in [3.63, 3.8) is 0 Å². The van der Waals surface area contributed by atoms with E-state index in [9.17, 15) is 4.79 Å². The molecule has 2 heterocycles. The monoisotopic (exact) mass is 326 g/mol. The summed E-state index contributed by atoms with van der Waals surface area (Å²) < 4.78 is 5.31. The molecular formula is C18H18N2O2S. The van der Waals surface area contributed by atoms with E-state index in [2.05, 4.69) is 4.98 Å². The number of rotatable bonds is 4. The number of ether oxygens (including phenoxy) is 1. The van der Waals surface area contributed by atoms with Gasteiger partial charge in [-0.1, -0.05) is 18.2 Å². The minimum Gasteiger partial charge on any atom is -0.495 e. The van der Waals surface area contributed by atoms with Crippen LogP contribution in [0, 0.1) is 6.92 Å². The van der Waals surface area contributed by atoms with E-state index in [1.807, 2.05) is 50.4 Å². The van der Waals surface area contributed by atoms with E-state index >= 15 is 0 Å². The molecule has 0 atom stereocenters. The Labute approximate surface area is 139 Å². The number of hydrogen-bond donors (Lipinski definition) is 0. The summed E-state index contributed by atoms with van der Waals surface area (Å²) in [5, 5.41) is 1.07. The normalized spacial score (nSPS) is 10.7. The molecule has 5 heteroatoms. The molecule has 3 rings (SSSR count). The lowest BCUT2D eigenvalue weighted by Crippen LogP contribution is -2.25. The van der Waals surface area contributed by atoms with Gasteiger partial charge in [-0.05, 0) is 30.7 Å². The Kier molecular flexibility index (Phi) is 4.30. The van der Waals surface area contributed by atoms with Crippen LogP contribution in [0.25, 0.3) is 10.9 Å². The van der Waals surface area contributed by atoms with Crippen LogP contribution in [-0.4, -0.2) is 29.9 Å². The average molecular weight is 326 g/mol. The van der Waals surface area contributed by atoms with Crippen LogP contribution in [0.2, 0.25) is 0 Å². The standard InChI is InChI=1S/C18H18N2O2S/c1-12-10-16(22-3)17(23-12)18(21)20(2)11-13-6-4-8-15-14(13)7-5-9-19-15/h4-10H,11H2,1-3H3. The Morgan fingerprint density at radius 3 is 2.91 bits per heavy atom. The fourth-order valence-corrected chi connectivity index (χ4v) is 3.57. The van der Waals surface area contributed by atoms with E-state index in [-0.39, 0.29) is 5.91 Å². The number of amides is 1. The van der Waals surface area contributed by atoms with Gasteiger partial charge in [-0.15, -0.1) is 11.3 Å². The van der Waals surface area contributed by atoms with Gasteiger partial charge < -0.3 is 9.64 Å². The van der Waals surface area contributed by atoms with Crippen molar-refractivity contribution in [3.8, 4) is 5.75 Å². The maximum atomic E-state index is 12.7. The van der Waals surface area contributed by atoms with Gasteiger partial charge in [-0.3, -0.25) is 9.78 Å². The van der Waals surface area contributed by atoms with Crippen LogP contribution in [0.1, 0.15) is 20.1 Å². The first-order chi connectivity index (χ1) is 11.1. The van der Waals surface area contributed by atoms with E-state index in [0.29, 0.717) is 17.2 Å². The first kappa shape index (κ1) is 15.5. The largest absolute Gasteiger partial charge is 0.495 e. The van der Waals surface area contributed by atoms with Crippen LogP contribution in [0.4, 0.5) is 0 Å². The van der Waals surface area contributed by atoms with Gasteiger partial charge in [0.2, 0.25) is 0 Å². The molecule has 0 spiro atoms. The molecule has 0 aliphatic heterocycles. The number of methoxy groups -OCH3 is 1. The number of hydrogen-bond acceptors (Lipinski definition) is 4. The van der Waals surface area contributed by atoms with Crippen LogP contribution in [0.15, 0.2) is 42.6 Å². The summed E-state index contributed by atoms with van der Waals surface area (Å²) in [6, 6.07) is 11.8. The van der Waals surface area contributed by atoms with Gasteiger partial charge in [0.15, 0.2) is 0 Å². The Balaban J connectivity index is 1.88. The van der Waals surface area contributed by atoms with Gasteiger partial charge in [0.1, 0.15) is 10.6 Å². The zero-order chi connectivity index (χ0) is 16.4. The van der Waals surface area contributed by atoms with Crippen molar-refractivity contribution < 1.29 is 9.53 Å². The van der Waals surface area contributed by atoms with Crippen molar-refractivity contribution in [1.82, 2.24) is 9.88 Å². The van der Waals surface area contributed by atoms with E-state index in [0.717, 1.165) is 21.3 Å². The highest BCUT2D eigenvalue weighted by atomic mass is 32.1. The molecule has 23 heavy (non-hydrogen) atoms. The smallest absolute Gasteiger partial charge is 0.267 e. The molecule has 2 aromatic heterocycles. The third kappa shape index (κ3) is 3.05. The summed E-state index contributed by atoms with van der Waals surface area (Å²) >= 11 is 1.46. The second-order valence-corrected chi connectivity index (χ2v) is 6.66. The van der Waals surface area contributed by atoms with E-state index in [1.54, 1.807) is 18.2 Å². The fourth-order valence-electron chi connectivity index (χ4n) is 2.60. The van der Waals surface area contributed by atoms with E-state index in [1.165, 1.54) is 11.3 Å². The lowest BCUT2D eigenvalue weighted by molar-refractivity contribution is 0.0787. The lowest BCUT2D eigenvalue weighted by Gasteiger charge is -2.18. The summed E-state index contributed by atoms with van der Waals surface area (Å²) in [6.07, 6.45) is 1.78. The van der Waals surface area contributed by atoms with Crippen LogP contribution in [-0.2, 0) is 6.54 Å². The zero-order valence-electron chi connectivity index (χ0n) is 13.4. The highest BCUT2D eigenvalue weighted by Crippen LogP contribution is 2.30. The van der Waals surface area contributed by atoms with Crippen molar-refractivity contribution in [1.29, 1.82) is 0 Å². The molecule has 1 aromatic carbocycles. The topological polar surface area (TPSA) is 42.4 Å². The predicted octanol–water partition coefficient (Wildman–Crippen LogP) is 3.89. The summed E-state index contributed by atoms with van der Waals surface area (Å²) in [7, 11) is 3.40. The summed E-state index contributed by atoms with van der Waals surface area (Å²) in [4.78, 5) is 20.5. The first-order valence-corrected chi connectivity index (χ1v) is 8.14. The van der Waals surface area contributed by atoms with Gasteiger partial charge >= 0.3 is 0 Å². The minimum absolute atomic E-state index is 0.0270. The third-order valence-electron chi connectivity index (χ3n) is 3.73. The Morgan fingerprint density at radius 1 is 1.30 bits per heavy atom. The van der Waals surface area contributed by atoms with E-state index < -0.39 is 0 Å². The molecule has 0 fully saturated rings. The van der Waals surface area contributed by atoms with Crippen molar-refractivity contribution in [2.75, 3.05) is 14.2 Å². The number of pyridine rings is 1. The number of thiophene rings is 1. The molecule has 0 saturated heterocycles. The molecule has 0 aliphatic rings. The number of carbonyl (C=O) groups is 1. The molecular weight excluding hydrogens is 308 g/mol. The van der Waals surface area contributed by atoms with Crippen LogP contribution in [0.5, 0.6) is 5.75 Å². The minimum atomic E-state index is -0.0270. The second-order valence-electron chi connectivity index (χ2n) is 5.40. The van der Waals surface area contributed by atoms with Crippen molar-refractivity contribution in [2.45, 2.75) is 13.5 Å². The molecule has 0 saturated carbocycles. The fraction of sp³-hybridized carbons (Fsp3) is 0.222. The maximum Gasteiger partial charge on any atom is 0.267 e. The molecule has 0 radical (unpaired) electrons. The maximum absolute atomic E-state index is 12.7. The van der Waals surface area contributed by atoms with Gasteiger partial charge in [0.05, 0.1) is 12.6 Å². The van der Waals surface area contributed by atoms with Crippen LogP contribution < -0.4 is 4.74 Å². The number of aryl methyl sites for hydroxylation is 1. The molecule has 3 aromatic rings. The molecule has 1 amide bonds.